The molecule has 0 aromatic heterocycles. The summed E-state index contributed by atoms with van der Waals surface area (Å²) in [6, 6.07) is 5.77. The summed E-state index contributed by atoms with van der Waals surface area (Å²) in [5.74, 6) is -0.218. The van der Waals surface area contributed by atoms with Crippen LogP contribution < -0.4 is 10.5 Å². The van der Waals surface area contributed by atoms with Gasteiger partial charge in [0.1, 0.15) is 0 Å². The van der Waals surface area contributed by atoms with Crippen molar-refractivity contribution in [1.29, 1.82) is 0 Å². The van der Waals surface area contributed by atoms with E-state index in [2.05, 4.69) is 5.32 Å². The van der Waals surface area contributed by atoms with E-state index in [1.54, 1.807) is 0 Å². The molecule has 0 aliphatic carbocycles. The van der Waals surface area contributed by atoms with Crippen molar-refractivity contribution in [3.05, 3.63) is 24.3 Å². The minimum atomic E-state index is -3.72. The van der Waals surface area contributed by atoms with Gasteiger partial charge in [-0.2, -0.15) is 0 Å². The minimum absolute atomic E-state index is 0.0139. The van der Waals surface area contributed by atoms with Gasteiger partial charge >= 0.3 is 0 Å². The Kier molecular flexibility index (Phi) is 4.36. The third kappa shape index (κ3) is 3.42. The summed E-state index contributed by atoms with van der Waals surface area (Å²) in [5.41, 5.74) is 0.534. The molecule has 0 bridgehead atoms. The minimum Gasteiger partial charge on any atom is -0.374 e. The summed E-state index contributed by atoms with van der Waals surface area (Å²) in [6.07, 6.45) is -0.0980. The second kappa shape index (κ2) is 5.75. The summed E-state index contributed by atoms with van der Waals surface area (Å²) in [6.45, 7) is 5.83. The third-order valence-electron chi connectivity index (χ3n) is 4.00. The number of rotatable bonds is 3. The van der Waals surface area contributed by atoms with Crippen LogP contribution in [0.5, 0.6) is 0 Å². The Labute approximate surface area is 124 Å². The van der Waals surface area contributed by atoms with Gasteiger partial charge in [-0.1, -0.05) is 6.92 Å². The predicted molar refractivity (Wildman–Crippen MR) is 79.1 cm³/mol. The van der Waals surface area contributed by atoms with Crippen LogP contribution in [-0.4, -0.2) is 26.5 Å². The van der Waals surface area contributed by atoms with Gasteiger partial charge in [0.2, 0.25) is 15.9 Å². The number of carbonyl (C=O) groups excluding carboxylic acids is 1. The van der Waals surface area contributed by atoms with Crippen LogP contribution in [0.15, 0.2) is 29.2 Å². The van der Waals surface area contributed by atoms with Gasteiger partial charge in [0.15, 0.2) is 0 Å². The first-order valence-corrected chi connectivity index (χ1v) is 8.34. The van der Waals surface area contributed by atoms with E-state index in [4.69, 9.17) is 9.88 Å². The molecule has 0 radical (unpaired) electrons. The van der Waals surface area contributed by atoms with Crippen molar-refractivity contribution in [2.45, 2.75) is 37.9 Å². The Morgan fingerprint density at radius 2 is 1.71 bits per heavy atom. The molecule has 1 fully saturated rings. The van der Waals surface area contributed by atoms with Crippen molar-refractivity contribution in [1.82, 2.24) is 0 Å². The zero-order chi connectivity index (χ0) is 15.8. The molecule has 2 rings (SSSR count). The van der Waals surface area contributed by atoms with Crippen LogP contribution in [0.4, 0.5) is 5.69 Å². The highest BCUT2D eigenvalue weighted by molar-refractivity contribution is 7.89. The summed E-state index contributed by atoms with van der Waals surface area (Å²) < 4.78 is 28.0. The lowest BCUT2D eigenvalue weighted by atomic mass is 9.89. The van der Waals surface area contributed by atoms with E-state index in [9.17, 15) is 13.2 Å². The number of carbonyl (C=O) groups is 1. The maximum Gasteiger partial charge on any atom is 0.238 e. The molecule has 1 heterocycles. The van der Waals surface area contributed by atoms with Gasteiger partial charge < -0.3 is 10.1 Å². The van der Waals surface area contributed by atoms with Gasteiger partial charge in [0.25, 0.3) is 0 Å². The Morgan fingerprint density at radius 1 is 1.14 bits per heavy atom. The molecule has 4 unspecified atom stereocenters. The number of ether oxygens (including phenoxy) is 1. The Balaban J connectivity index is 2.10. The Morgan fingerprint density at radius 3 is 2.14 bits per heavy atom. The molecule has 1 saturated heterocycles. The fraction of sp³-hybridized carbons (Fsp3) is 0.500. The van der Waals surface area contributed by atoms with E-state index in [1.807, 2.05) is 20.8 Å². The van der Waals surface area contributed by atoms with Gasteiger partial charge in [-0.15, -0.1) is 0 Å². The van der Waals surface area contributed by atoms with Crippen molar-refractivity contribution in [3.63, 3.8) is 0 Å². The van der Waals surface area contributed by atoms with Crippen molar-refractivity contribution >= 4 is 21.6 Å². The number of hydrogen-bond donors (Lipinski definition) is 2. The molecule has 3 N–H and O–H groups in total. The second-order valence-electron chi connectivity index (χ2n) is 5.49. The number of sulfonamides is 1. The standard InChI is InChI=1S/C14H20N2O4S/c1-8-9(2)20-10(3)13(8)14(17)16-11-4-6-12(7-5-11)21(15,18)19/h4-10,13H,1-3H3,(H,16,17)(H2,15,18,19). The van der Waals surface area contributed by atoms with Crippen LogP contribution in [-0.2, 0) is 19.6 Å². The average Bonchev–Trinajstić information content (AvgIpc) is 2.62. The van der Waals surface area contributed by atoms with Gasteiger partial charge in [-0.25, -0.2) is 13.6 Å². The first kappa shape index (κ1) is 15.9. The maximum atomic E-state index is 12.3. The molecular formula is C14H20N2O4S. The first-order chi connectivity index (χ1) is 9.70. The van der Waals surface area contributed by atoms with Gasteiger partial charge in [-0.3, -0.25) is 4.79 Å². The molecule has 0 spiro atoms. The molecule has 4 atom stereocenters. The van der Waals surface area contributed by atoms with E-state index in [0.717, 1.165) is 0 Å². The number of hydrogen-bond acceptors (Lipinski definition) is 4. The molecule has 1 aromatic rings. The molecule has 21 heavy (non-hydrogen) atoms. The average molecular weight is 312 g/mol. The molecule has 1 aliphatic heterocycles. The van der Waals surface area contributed by atoms with E-state index in [0.29, 0.717) is 5.69 Å². The lowest BCUT2D eigenvalue weighted by Gasteiger charge is -2.18. The SMILES string of the molecule is CC1OC(C)C(C(=O)Nc2ccc(S(N)(=O)=O)cc2)C1C. The molecule has 6 nitrogen and oxygen atoms in total. The van der Waals surface area contributed by atoms with Gasteiger partial charge in [0.05, 0.1) is 23.0 Å². The highest BCUT2D eigenvalue weighted by Gasteiger charge is 2.41. The van der Waals surface area contributed by atoms with Crippen LogP contribution in [0.1, 0.15) is 20.8 Å². The smallest absolute Gasteiger partial charge is 0.238 e. The molecule has 116 valence electrons. The number of nitrogens with one attached hydrogen (secondary N) is 1. The first-order valence-electron chi connectivity index (χ1n) is 6.79. The summed E-state index contributed by atoms with van der Waals surface area (Å²) in [4.78, 5) is 12.3. The third-order valence-corrected chi connectivity index (χ3v) is 4.92. The quantitative estimate of drug-likeness (QED) is 0.879. The molecular weight excluding hydrogens is 292 g/mol. The van der Waals surface area contributed by atoms with Crippen molar-refractivity contribution in [3.8, 4) is 0 Å². The number of nitrogens with two attached hydrogens (primary N) is 1. The van der Waals surface area contributed by atoms with Crippen LogP contribution in [0.25, 0.3) is 0 Å². The molecule has 0 saturated carbocycles. The fourth-order valence-electron chi connectivity index (χ4n) is 2.67. The normalized spacial score (nSPS) is 29.3. The molecule has 1 aliphatic rings. The van der Waals surface area contributed by atoms with Crippen LogP contribution >= 0.6 is 0 Å². The Hall–Kier alpha value is -1.44. The highest BCUT2D eigenvalue weighted by Crippen LogP contribution is 2.33. The molecule has 7 heteroatoms. The van der Waals surface area contributed by atoms with Crippen molar-refractivity contribution in [2.75, 3.05) is 5.32 Å². The van der Waals surface area contributed by atoms with E-state index in [1.165, 1.54) is 24.3 Å². The number of amides is 1. The van der Waals surface area contributed by atoms with E-state index in [-0.39, 0.29) is 34.8 Å². The monoisotopic (exact) mass is 312 g/mol. The Bertz CT molecular complexity index is 627. The van der Waals surface area contributed by atoms with Crippen molar-refractivity contribution < 1.29 is 17.9 Å². The highest BCUT2D eigenvalue weighted by atomic mass is 32.2. The lowest BCUT2D eigenvalue weighted by Crippen LogP contribution is -2.31. The zero-order valence-corrected chi connectivity index (χ0v) is 13.1. The van der Waals surface area contributed by atoms with Crippen LogP contribution in [0.3, 0.4) is 0 Å². The van der Waals surface area contributed by atoms with E-state index < -0.39 is 10.0 Å². The molecule has 1 amide bonds. The molecule has 1 aromatic carbocycles. The topological polar surface area (TPSA) is 98.5 Å². The lowest BCUT2D eigenvalue weighted by molar-refractivity contribution is -0.121. The number of benzene rings is 1. The van der Waals surface area contributed by atoms with Gasteiger partial charge in [0, 0.05) is 5.69 Å². The van der Waals surface area contributed by atoms with Crippen LogP contribution in [0.2, 0.25) is 0 Å². The maximum absolute atomic E-state index is 12.3. The number of primary sulfonamides is 1. The van der Waals surface area contributed by atoms with E-state index >= 15 is 0 Å². The summed E-state index contributed by atoms with van der Waals surface area (Å²) >= 11 is 0. The van der Waals surface area contributed by atoms with Crippen LogP contribution in [0, 0.1) is 11.8 Å². The fourth-order valence-corrected chi connectivity index (χ4v) is 3.19. The zero-order valence-electron chi connectivity index (χ0n) is 12.2. The largest absolute Gasteiger partial charge is 0.374 e. The predicted octanol–water partition coefficient (Wildman–Crippen LogP) is 1.33. The summed E-state index contributed by atoms with van der Waals surface area (Å²) in [7, 11) is -3.72. The van der Waals surface area contributed by atoms with Gasteiger partial charge in [-0.05, 0) is 44.0 Å². The second-order valence-corrected chi connectivity index (χ2v) is 7.05. The summed E-state index contributed by atoms with van der Waals surface area (Å²) in [5, 5.41) is 7.82. The number of anilines is 1. The van der Waals surface area contributed by atoms with Crippen molar-refractivity contribution in [2.24, 2.45) is 17.0 Å².